The van der Waals surface area contributed by atoms with Gasteiger partial charge in [0.1, 0.15) is 6.26 Å². The molecule has 1 heterocycles. The molecule has 0 aromatic carbocycles. The molecule has 1 aliphatic heterocycles. The second kappa shape index (κ2) is 2.91. The van der Waals surface area contributed by atoms with E-state index in [0.717, 1.165) is 0 Å². The van der Waals surface area contributed by atoms with Gasteiger partial charge < -0.3 is 4.84 Å². The molecular formula is C6H7NO2. The number of hydrogen-bond donors (Lipinski definition) is 1. The lowest BCUT2D eigenvalue weighted by Gasteiger charge is -1.98. The van der Waals surface area contributed by atoms with Crippen LogP contribution in [0.3, 0.4) is 0 Å². The molecule has 0 saturated carbocycles. The lowest BCUT2D eigenvalue weighted by Crippen LogP contribution is -2.04. The van der Waals surface area contributed by atoms with Gasteiger partial charge in [-0.1, -0.05) is 0 Å². The molecule has 0 fully saturated rings. The standard InChI is InChI=1S/C6H7NO2/c8-6-2-1-5-9-7-4-3-6/h1,3-5,7H,2H2/b4-3-,5-1-. The van der Waals surface area contributed by atoms with Crippen molar-refractivity contribution in [2.45, 2.75) is 6.42 Å². The zero-order valence-electron chi connectivity index (χ0n) is 4.83. The Labute approximate surface area is 53.0 Å². The normalized spacial score (nSPS) is 24.7. The van der Waals surface area contributed by atoms with Gasteiger partial charge in [-0.15, -0.1) is 0 Å². The van der Waals surface area contributed by atoms with Crippen LogP contribution in [0.4, 0.5) is 0 Å². The van der Waals surface area contributed by atoms with Crippen molar-refractivity contribution in [1.82, 2.24) is 5.48 Å². The second-order valence-electron chi connectivity index (χ2n) is 1.61. The highest BCUT2D eigenvalue weighted by Crippen LogP contribution is 1.90. The van der Waals surface area contributed by atoms with Crippen LogP contribution in [0.2, 0.25) is 0 Å². The van der Waals surface area contributed by atoms with Crippen LogP contribution in [0.5, 0.6) is 0 Å². The molecule has 1 N–H and O–H groups in total. The largest absolute Gasteiger partial charge is 0.391 e. The first-order valence-corrected chi connectivity index (χ1v) is 2.65. The zero-order chi connectivity index (χ0) is 6.53. The molecule has 0 radical (unpaired) electrons. The minimum Gasteiger partial charge on any atom is -0.391 e. The van der Waals surface area contributed by atoms with Crippen molar-refractivity contribution in [2.75, 3.05) is 0 Å². The molecule has 0 saturated heterocycles. The molecule has 0 amide bonds. The molecule has 0 aromatic heterocycles. The van der Waals surface area contributed by atoms with E-state index in [4.69, 9.17) is 0 Å². The Morgan fingerprint density at radius 3 is 3.44 bits per heavy atom. The van der Waals surface area contributed by atoms with Crippen molar-refractivity contribution in [2.24, 2.45) is 0 Å². The minimum absolute atomic E-state index is 0.0713. The highest BCUT2D eigenvalue weighted by molar-refractivity contribution is 5.90. The Morgan fingerprint density at radius 2 is 2.56 bits per heavy atom. The summed E-state index contributed by atoms with van der Waals surface area (Å²) < 4.78 is 0. The third-order valence-electron chi connectivity index (χ3n) is 0.889. The van der Waals surface area contributed by atoms with Crippen LogP contribution in [-0.2, 0) is 9.63 Å². The molecule has 0 aromatic rings. The Hall–Kier alpha value is -1.25. The Morgan fingerprint density at radius 1 is 1.67 bits per heavy atom. The van der Waals surface area contributed by atoms with Crippen molar-refractivity contribution in [1.29, 1.82) is 0 Å². The fourth-order valence-electron chi connectivity index (χ4n) is 0.486. The maximum Gasteiger partial charge on any atom is 0.161 e. The number of allylic oxidation sites excluding steroid dienone is 2. The summed E-state index contributed by atoms with van der Waals surface area (Å²) in [5.74, 6) is 0.0713. The highest BCUT2D eigenvalue weighted by atomic mass is 16.6. The van der Waals surface area contributed by atoms with E-state index in [2.05, 4.69) is 10.3 Å². The zero-order valence-corrected chi connectivity index (χ0v) is 4.83. The molecule has 0 atom stereocenters. The van der Waals surface area contributed by atoms with E-state index in [1.165, 1.54) is 18.5 Å². The number of hydrogen-bond acceptors (Lipinski definition) is 3. The summed E-state index contributed by atoms with van der Waals surface area (Å²) in [6.07, 6.45) is 6.41. The average Bonchev–Trinajstić information content (AvgIpc) is 1.79. The molecular weight excluding hydrogens is 118 g/mol. The second-order valence-corrected chi connectivity index (χ2v) is 1.61. The van der Waals surface area contributed by atoms with E-state index in [1.807, 2.05) is 0 Å². The fraction of sp³-hybridized carbons (Fsp3) is 0.167. The maximum absolute atomic E-state index is 10.6. The third-order valence-corrected chi connectivity index (χ3v) is 0.889. The molecule has 48 valence electrons. The minimum atomic E-state index is 0.0713. The van der Waals surface area contributed by atoms with Gasteiger partial charge in [0.05, 0.1) is 0 Å². The van der Waals surface area contributed by atoms with Crippen molar-refractivity contribution < 1.29 is 9.63 Å². The summed E-state index contributed by atoms with van der Waals surface area (Å²) in [4.78, 5) is 15.3. The molecule has 3 heteroatoms. The first-order valence-electron chi connectivity index (χ1n) is 2.65. The monoisotopic (exact) mass is 125 g/mol. The van der Waals surface area contributed by atoms with Gasteiger partial charge in [-0.3, -0.25) is 4.79 Å². The molecule has 0 aliphatic carbocycles. The molecule has 1 rings (SSSR count). The fourth-order valence-corrected chi connectivity index (χ4v) is 0.486. The van der Waals surface area contributed by atoms with Crippen molar-refractivity contribution in [3.63, 3.8) is 0 Å². The van der Waals surface area contributed by atoms with Crippen molar-refractivity contribution >= 4 is 5.78 Å². The lowest BCUT2D eigenvalue weighted by atomic mass is 10.3. The Bertz CT molecular complexity index is 160. The average molecular weight is 125 g/mol. The van der Waals surface area contributed by atoms with Crippen LogP contribution in [0, 0.1) is 0 Å². The highest BCUT2D eigenvalue weighted by Gasteiger charge is 1.92. The molecule has 0 spiro atoms. The first-order chi connectivity index (χ1) is 4.39. The quantitative estimate of drug-likeness (QED) is 0.512. The number of ketones is 1. The number of hydroxylamine groups is 1. The summed E-state index contributed by atoms with van der Waals surface area (Å²) in [5.41, 5.74) is 2.43. The van der Waals surface area contributed by atoms with Gasteiger partial charge in [-0.2, -0.15) is 0 Å². The summed E-state index contributed by atoms with van der Waals surface area (Å²) in [7, 11) is 0. The molecule has 3 nitrogen and oxygen atoms in total. The smallest absolute Gasteiger partial charge is 0.161 e. The SMILES string of the molecule is O=C1/C=C\NO/C=C\C1. The van der Waals surface area contributed by atoms with Gasteiger partial charge in [-0.25, -0.2) is 5.48 Å². The number of nitrogens with one attached hydrogen (secondary N) is 1. The molecule has 0 unspecified atom stereocenters. The predicted octanol–water partition coefficient (Wildman–Crippen LogP) is 0.508. The van der Waals surface area contributed by atoms with E-state index in [-0.39, 0.29) is 5.78 Å². The van der Waals surface area contributed by atoms with Crippen LogP contribution < -0.4 is 5.48 Å². The topological polar surface area (TPSA) is 38.3 Å². The van der Waals surface area contributed by atoms with Gasteiger partial charge >= 0.3 is 0 Å². The van der Waals surface area contributed by atoms with Crippen LogP contribution in [0.15, 0.2) is 24.6 Å². The van der Waals surface area contributed by atoms with E-state index < -0.39 is 0 Å². The van der Waals surface area contributed by atoms with Gasteiger partial charge in [-0.05, 0) is 6.08 Å². The Balaban J connectivity index is 2.50. The van der Waals surface area contributed by atoms with Crippen molar-refractivity contribution in [3.8, 4) is 0 Å². The third kappa shape index (κ3) is 1.99. The molecule has 1 aliphatic rings. The van der Waals surface area contributed by atoms with Crippen LogP contribution in [-0.4, -0.2) is 5.78 Å². The van der Waals surface area contributed by atoms with Gasteiger partial charge in [0.15, 0.2) is 5.78 Å². The summed E-state index contributed by atoms with van der Waals surface area (Å²) >= 11 is 0. The number of rotatable bonds is 0. The summed E-state index contributed by atoms with van der Waals surface area (Å²) in [5, 5.41) is 0. The summed E-state index contributed by atoms with van der Waals surface area (Å²) in [6.45, 7) is 0. The Kier molecular flexibility index (Phi) is 1.90. The van der Waals surface area contributed by atoms with Gasteiger partial charge in [0.2, 0.25) is 0 Å². The van der Waals surface area contributed by atoms with E-state index in [9.17, 15) is 4.79 Å². The van der Waals surface area contributed by atoms with Crippen LogP contribution in [0.25, 0.3) is 0 Å². The van der Waals surface area contributed by atoms with Crippen LogP contribution in [0.1, 0.15) is 6.42 Å². The maximum atomic E-state index is 10.6. The molecule has 9 heavy (non-hydrogen) atoms. The van der Waals surface area contributed by atoms with Gasteiger partial charge in [0, 0.05) is 18.7 Å². The number of carbonyl (C=O) groups is 1. The van der Waals surface area contributed by atoms with Crippen molar-refractivity contribution in [3.05, 3.63) is 24.6 Å². The van der Waals surface area contributed by atoms with Crippen LogP contribution >= 0.6 is 0 Å². The first kappa shape index (κ1) is 5.88. The number of carbonyl (C=O) groups excluding carboxylic acids is 1. The van der Waals surface area contributed by atoms with Gasteiger partial charge in [0.25, 0.3) is 0 Å². The summed E-state index contributed by atoms with van der Waals surface area (Å²) in [6, 6.07) is 0. The molecule has 0 bridgehead atoms. The van der Waals surface area contributed by atoms with E-state index in [0.29, 0.717) is 6.42 Å². The van der Waals surface area contributed by atoms with E-state index >= 15 is 0 Å². The van der Waals surface area contributed by atoms with E-state index in [1.54, 1.807) is 6.08 Å². The lowest BCUT2D eigenvalue weighted by molar-refractivity contribution is -0.114. The predicted molar refractivity (Wildman–Crippen MR) is 32.1 cm³/mol.